The van der Waals surface area contributed by atoms with Crippen molar-refractivity contribution in [1.82, 2.24) is 15.5 Å². The number of rotatable bonds is 6. The van der Waals surface area contributed by atoms with Crippen molar-refractivity contribution >= 4 is 11.9 Å². The molecule has 2 rings (SSSR count). The Morgan fingerprint density at radius 3 is 2.88 bits per heavy atom. The number of benzene rings is 1. The predicted octanol–water partition coefficient (Wildman–Crippen LogP) is 1.76. The average molecular weight is 332 g/mol. The van der Waals surface area contributed by atoms with Crippen LogP contribution in [-0.4, -0.2) is 49.6 Å². The van der Waals surface area contributed by atoms with Gasteiger partial charge in [0.25, 0.3) is 0 Å². The SMILES string of the molecule is CCOc1ccccc1CNC(=NC)NC1CCN(C(=O)CC)C1. The molecule has 1 aromatic rings. The number of carbonyl (C=O) groups is 1. The molecule has 1 aliphatic rings. The van der Waals surface area contributed by atoms with Crippen LogP contribution in [0.25, 0.3) is 0 Å². The predicted molar refractivity (Wildman–Crippen MR) is 96.2 cm³/mol. The van der Waals surface area contributed by atoms with Crippen molar-refractivity contribution in [1.29, 1.82) is 0 Å². The van der Waals surface area contributed by atoms with E-state index in [2.05, 4.69) is 15.6 Å². The van der Waals surface area contributed by atoms with Gasteiger partial charge in [-0.2, -0.15) is 0 Å². The van der Waals surface area contributed by atoms with Crippen LogP contribution in [-0.2, 0) is 11.3 Å². The molecule has 6 nitrogen and oxygen atoms in total. The standard InChI is InChI=1S/C18H28N4O2/c1-4-17(23)22-11-10-15(13-22)21-18(19-3)20-12-14-8-6-7-9-16(14)24-5-2/h6-9,15H,4-5,10-13H2,1-3H3,(H2,19,20,21). The van der Waals surface area contributed by atoms with Crippen molar-refractivity contribution in [3.63, 3.8) is 0 Å². The molecule has 1 aliphatic heterocycles. The molecule has 0 radical (unpaired) electrons. The first-order valence-electron chi connectivity index (χ1n) is 8.63. The van der Waals surface area contributed by atoms with Crippen LogP contribution >= 0.6 is 0 Å². The minimum absolute atomic E-state index is 0.216. The highest BCUT2D eigenvalue weighted by atomic mass is 16.5. The molecule has 1 amide bonds. The topological polar surface area (TPSA) is 66.0 Å². The molecule has 1 fully saturated rings. The van der Waals surface area contributed by atoms with Gasteiger partial charge in [-0.05, 0) is 19.4 Å². The number of aliphatic imine (C=N–C) groups is 1. The lowest BCUT2D eigenvalue weighted by Gasteiger charge is -2.19. The van der Waals surface area contributed by atoms with Crippen molar-refractivity contribution in [3.8, 4) is 5.75 Å². The van der Waals surface area contributed by atoms with Gasteiger partial charge in [0.05, 0.1) is 6.61 Å². The van der Waals surface area contributed by atoms with Crippen LogP contribution in [0.3, 0.4) is 0 Å². The maximum atomic E-state index is 11.8. The van der Waals surface area contributed by atoms with Gasteiger partial charge in [0, 0.05) is 44.7 Å². The fourth-order valence-corrected chi connectivity index (χ4v) is 2.84. The summed E-state index contributed by atoms with van der Waals surface area (Å²) < 4.78 is 5.64. The van der Waals surface area contributed by atoms with E-state index >= 15 is 0 Å². The quantitative estimate of drug-likeness (QED) is 0.615. The maximum Gasteiger partial charge on any atom is 0.222 e. The molecule has 0 aromatic heterocycles. The largest absolute Gasteiger partial charge is 0.494 e. The Kier molecular flexibility index (Phi) is 6.90. The van der Waals surface area contributed by atoms with Crippen molar-refractivity contribution in [2.75, 3.05) is 26.7 Å². The summed E-state index contributed by atoms with van der Waals surface area (Å²) in [5.41, 5.74) is 1.09. The van der Waals surface area contributed by atoms with Gasteiger partial charge in [-0.25, -0.2) is 0 Å². The van der Waals surface area contributed by atoms with Gasteiger partial charge in [-0.3, -0.25) is 9.79 Å². The summed E-state index contributed by atoms with van der Waals surface area (Å²) in [7, 11) is 1.76. The lowest BCUT2D eigenvalue weighted by atomic mass is 10.2. The number of para-hydroxylation sites is 1. The van der Waals surface area contributed by atoms with E-state index in [9.17, 15) is 4.79 Å². The highest BCUT2D eigenvalue weighted by Gasteiger charge is 2.25. The first-order valence-corrected chi connectivity index (χ1v) is 8.63. The van der Waals surface area contributed by atoms with Crippen molar-refractivity contribution in [2.24, 2.45) is 4.99 Å². The lowest BCUT2D eigenvalue weighted by Crippen LogP contribution is -2.44. The zero-order chi connectivity index (χ0) is 17.4. The minimum atomic E-state index is 0.216. The van der Waals surface area contributed by atoms with Crippen LogP contribution in [0.1, 0.15) is 32.3 Å². The Morgan fingerprint density at radius 2 is 2.17 bits per heavy atom. The number of nitrogens with zero attached hydrogens (tertiary/aromatic N) is 2. The zero-order valence-electron chi connectivity index (χ0n) is 14.8. The summed E-state index contributed by atoms with van der Waals surface area (Å²) in [5, 5.41) is 6.73. The van der Waals surface area contributed by atoms with Crippen molar-refractivity contribution in [3.05, 3.63) is 29.8 Å². The van der Waals surface area contributed by atoms with Crippen molar-refractivity contribution in [2.45, 2.75) is 39.3 Å². The molecule has 0 bridgehead atoms. The summed E-state index contributed by atoms with van der Waals surface area (Å²) in [6.07, 6.45) is 1.51. The van der Waals surface area contributed by atoms with E-state index in [1.54, 1.807) is 7.05 Å². The van der Waals surface area contributed by atoms with E-state index in [4.69, 9.17) is 4.74 Å². The number of hydrogen-bond acceptors (Lipinski definition) is 3. The summed E-state index contributed by atoms with van der Waals surface area (Å²) in [6, 6.07) is 8.24. The second-order valence-electron chi connectivity index (χ2n) is 5.79. The van der Waals surface area contributed by atoms with Crippen molar-refractivity contribution < 1.29 is 9.53 Å². The van der Waals surface area contributed by atoms with E-state index in [0.29, 0.717) is 19.6 Å². The number of amides is 1. The van der Waals surface area contributed by atoms with Crippen LogP contribution in [0.2, 0.25) is 0 Å². The van der Waals surface area contributed by atoms with Crippen LogP contribution in [0.15, 0.2) is 29.3 Å². The number of hydrogen-bond donors (Lipinski definition) is 2. The molecule has 1 unspecified atom stereocenters. The Labute approximate surface area is 144 Å². The smallest absolute Gasteiger partial charge is 0.222 e. The molecule has 1 saturated heterocycles. The number of guanidine groups is 1. The van der Waals surface area contributed by atoms with E-state index in [0.717, 1.165) is 36.8 Å². The molecule has 2 N–H and O–H groups in total. The molecule has 1 aromatic carbocycles. The number of carbonyl (C=O) groups excluding carboxylic acids is 1. The third-order valence-electron chi connectivity index (χ3n) is 4.13. The van der Waals surface area contributed by atoms with E-state index < -0.39 is 0 Å². The van der Waals surface area contributed by atoms with Crippen LogP contribution in [0.5, 0.6) is 5.75 Å². The van der Waals surface area contributed by atoms with Gasteiger partial charge < -0.3 is 20.3 Å². The monoisotopic (exact) mass is 332 g/mol. The number of likely N-dealkylation sites (tertiary alicyclic amines) is 1. The summed E-state index contributed by atoms with van der Waals surface area (Å²) in [6.45, 7) is 6.72. The van der Waals surface area contributed by atoms with E-state index in [1.807, 2.05) is 43.0 Å². The Bertz CT molecular complexity index is 574. The van der Waals surface area contributed by atoms with Gasteiger partial charge in [-0.1, -0.05) is 25.1 Å². The highest BCUT2D eigenvalue weighted by Crippen LogP contribution is 2.17. The van der Waals surface area contributed by atoms with Gasteiger partial charge in [-0.15, -0.1) is 0 Å². The minimum Gasteiger partial charge on any atom is -0.494 e. The molecule has 0 aliphatic carbocycles. The van der Waals surface area contributed by atoms with Crippen LogP contribution < -0.4 is 15.4 Å². The molecular weight excluding hydrogens is 304 g/mol. The normalized spacial score (nSPS) is 17.7. The summed E-state index contributed by atoms with van der Waals surface area (Å²) in [4.78, 5) is 18.0. The molecule has 1 atom stereocenters. The second kappa shape index (κ2) is 9.15. The molecule has 1 heterocycles. The maximum absolute atomic E-state index is 11.8. The van der Waals surface area contributed by atoms with Gasteiger partial charge >= 0.3 is 0 Å². The van der Waals surface area contributed by atoms with Gasteiger partial charge in [0.15, 0.2) is 5.96 Å². The van der Waals surface area contributed by atoms with Gasteiger partial charge in [0.1, 0.15) is 5.75 Å². The molecule has 132 valence electrons. The Balaban J connectivity index is 1.87. The fraction of sp³-hybridized carbons (Fsp3) is 0.556. The highest BCUT2D eigenvalue weighted by molar-refractivity contribution is 5.80. The molecule has 0 spiro atoms. The fourth-order valence-electron chi connectivity index (χ4n) is 2.84. The second-order valence-corrected chi connectivity index (χ2v) is 5.79. The third-order valence-corrected chi connectivity index (χ3v) is 4.13. The average Bonchev–Trinajstić information content (AvgIpc) is 3.07. The Hall–Kier alpha value is -2.24. The molecule has 6 heteroatoms. The third kappa shape index (κ3) is 4.88. The molecular formula is C18H28N4O2. The number of nitrogens with one attached hydrogen (secondary N) is 2. The first-order chi connectivity index (χ1) is 11.7. The Morgan fingerprint density at radius 1 is 1.38 bits per heavy atom. The lowest BCUT2D eigenvalue weighted by molar-refractivity contribution is -0.129. The van der Waals surface area contributed by atoms with Crippen LogP contribution in [0, 0.1) is 0 Å². The van der Waals surface area contributed by atoms with Gasteiger partial charge in [0.2, 0.25) is 5.91 Å². The molecule has 0 saturated carbocycles. The number of ether oxygens (including phenoxy) is 1. The van der Waals surface area contributed by atoms with Crippen LogP contribution in [0.4, 0.5) is 0 Å². The molecule has 24 heavy (non-hydrogen) atoms. The summed E-state index contributed by atoms with van der Waals surface area (Å²) >= 11 is 0. The van der Waals surface area contributed by atoms with E-state index in [1.165, 1.54) is 0 Å². The van der Waals surface area contributed by atoms with E-state index in [-0.39, 0.29) is 11.9 Å². The zero-order valence-corrected chi connectivity index (χ0v) is 14.8. The first kappa shape index (κ1) is 18.1. The summed E-state index contributed by atoms with van der Waals surface area (Å²) in [5.74, 6) is 1.86.